The van der Waals surface area contributed by atoms with Crippen molar-refractivity contribution >= 4 is 17.5 Å². The van der Waals surface area contributed by atoms with Gasteiger partial charge in [0, 0.05) is 24.2 Å². The Morgan fingerprint density at radius 2 is 1.90 bits per heavy atom. The molecule has 0 aliphatic carbocycles. The summed E-state index contributed by atoms with van der Waals surface area (Å²) in [7, 11) is 1.53. The molecule has 0 aliphatic heterocycles. The van der Waals surface area contributed by atoms with E-state index in [0.717, 1.165) is 5.56 Å². The average Bonchev–Trinajstić information content (AvgIpc) is 2.49. The molecule has 0 heterocycles. The van der Waals surface area contributed by atoms with Crippen LogP contribution >= 0.6 is 11.6 Å². The van der Waals surface area contributed by atoms with E-state index < -0.39 is 17.8 Å². The lowest BCUT2D eigenvalue weighted by Gasteiger charge is -2.17. The Bertz CT molecular complexity index is 633. The highest BCUT2D eigenvalue weighted by molar-refractivity contribution is 6.31. The van der Waals surface area contributed by atoms with Crippen LogP contribution in [0.1, 0.15) is 22.0 Å². The number of amides is 1. The molecule has 0 radical (unpaired) electrons. The quantitative estimate of drug-likeness (QED) is 0.916. The number of rotatable bonds is 5. The van der Waals surface area contributed by atoms with Crippen LogP contribution < -0.4 is 5.32 Å². The molecule has 0 aromatic heterocycles. The van der Waals surface area contributed by atoms with E-state index in [1.54, 1.807) is 12.1 Å². The van der Waals surface area contributed by atoms with Crippen LogP contribution in [0.15, 0.2) is 48.5 Å². The molecule has 2 rings (SSSR count). The summed E-state index contributed by atoms with van der Waals surface area (Å²) in [5.41, 5.74) is 0.780. The molecule has 0 bridgehead atoms. The Morgan fingerprint density at radius 1 is 1.24 bits per heavy atom. The number of hydrogen-bond acceptors (Lipinski definition) is 2. The van der Waals surface area contributed by atoms with Crippen molar-refractivity contribution in [1.29, 1.82) is 0 Å². The van der Waals surface area contributed by atoms with Crippen LogP contribution in [0.2, 0.25) is 5.02 Å². The zero-order valence-electron chi connectivity index (χ0n) is 11.5. The molecule has 1 atom stereocenters. The van der Waals surface area contributed by atoms with Gasteiger partial charge in [-0.05, 0) is 18.2 Å². The molecule has 1 N–H and O–H groups in total. The smallest absolute Gasteiger partial charge is 0.254 e. The molecule has 21 heavy (non-hydrogen) atoms. The highest BCUT2D eigenvalue weighted by Crippen LogP contribution is 2.24. The normalized spacial score (nSPS) is 12.0. The van der Waals surface area contributed by atoms with Crippen molar-refractivity contribution in [2.75, 3.05) is 13.7 Å². The minimum Gasteiger partial charge on any atom is -0.375 e. The molecule has 1 amide bonds. The van der Waals surface area contributed by atoms with Gasteiger partial charge in [-0.3, -0.25) is 4.79 Å². The summed E-state index contributed by atoms with van der Waals surface area (Å²) >= 11 is 6.10. The summed E-state index contributed by atoms with van der Waals surface area (Å²) in [4.78, 5) is 12.0. The van der Waals surface area contributed by atoms with E-state index in [4.69, 9.17) is 16.3 Å². The van der Waals surface area contributed by atoms with Crippen molar-refractivity contribution in [2.24, 2.45) is 0 Å². The van der Waals surface area contributed by atoms with Crippen molar-refractivity contribution in [3.05, 3.63) is 70.5 Å². The summed E-state index contributed by atoms with van der Waals surface area (Å²) in [6, 6.07) is 13.1. The molecule has 2 aromatic rings. The fourth-order valence-corrected chi connectivity index (χ4v) is 2.24. The zero-order chi connectivity index (χ0) is 15.2. The lowest BCUT2D eigenvalue weighted by Crippen LogP contribution is -2.29. The Morgan fingerprint density at radius 3 is 2.57 bits per heavy atom. The molecule has 110 valence electrons. The molecule has 0 fully saturated rings. The molecule has 0 spiro atoms. The number of carbonyl (C=O) groups excluding carboxylic acids is 1. The molecule has 1 unspecified atom stereocenters. The van der Waals surface area contributed by atoms with Crippen LogP contribution in [0.3, 0.4) is 0 Å². The first-order valence-electron chi connectivity index (χ1n) is 6.43. The monoisotopic (exact) mass is 307 g/mol. The minimum absolute atomic E-state index is 0.00603. The predicted molar refractivity (Wildman–Crippen MR) is 79.9 cm³/mol. The Kier molecular flexibility index (Phi) is 5.31. The van der Waals surface area contributed by atoms with Crippen LogP contribution in [0.5, 0.6) is 0 Å². The van der Waals surface area contributed by atoms with Gasteiger partial charge in [-0.2, -0.15) is 0 Å². The van der Waals surface area contributed by atoms with Gasteiger partial charge in [0.2, 0.25) is 0 Å². The lowest BCUT2D eigenvalue weighted by molar-refractivity contribution is 0.0825. The van der Waals surface area contributed by atoms with Crippen molar-refractivity contribution < 1.29 is 13.9 Å². The third-order valence-corrected chi connectivity index (χ3v) is 3.45. The number of carbonyl (C=O) groups is 1. The number of ether oxygens (including phenoxy) is 1. The van der Waals surface area contributed by atoms with E-state index >= 15 is 0 Å². The third-order valence-electron chi connectivity index (χ3n) is 3.10. The van der Waals surface area contributed by atoms with Gasteiger partial charge in [-0.15, -0.1) is 0 Å². The third kappa shape index (κ3) is 3.80. The molecular formula is C16H15ClFNO2. The van der Waals surface area contributed by atoms with Crippen molar-refractivity contribution in [1.82, 2.24) is 5.32 Å². The highest BCUT2D eigenvalue weighted by Gasteiger charge is 2.16. The standard InChI is InChI=1S/C16H15ClFNO2/c1-21-15(11-6-2-4-8-13(11)17)10-19-16(20)12-7-3-5-9-14(12)18/h2-9,15H,10H2,1H3,(H,19,20). The summed E-state index contributed by atoms with van der Waals surface area (Å²) < 4.78 is 18.9. The number of hydrogen-bond donors (Lipinski definition) is 1. The van der Waals surface area contributed by atoms with Gasteiger partial charge in [0.1, 0.15) is 11.9 Å². The topological polar surface area (TPSA) is 38.3 Å². The zero-order valence-corrected chi connectivity index (χ0v) is 12.2. The fraction of sp³-hybridized carbons (Fsp3) is 0.188. The van der Waals surface area contributed by atoms with Gasteiger partial charge in [-0.25, -0.2) is 4.39 Å². The van der Waals surface area contributed by atoms with Crippen molar-refractivity contribution in [3.8, 4) is 0 Å². The Hall–Kier alpha value is -1.91. The number of methoxy groups -OCH3 is 1. The van der Waals surface area contributed by atoms with Crippen LogP contribution in [0.4, 0.5) is 4.39 Å². The maximum absolute atomic E-state index is 13.5. The van der Waals surface area contributed by atoms with Crippen LogP contribution in [0, 0.1) is 5.82 Å². The summed E-state index contributed by atoms with van der Waals surface area (Å²) in [5, 5.41) is 3.21. The summed E-state index contributed by atoms with van der Waals surface area (Å²) in [6.45, 7) is 0.202. The van der Waals surface area contributed by atoms with E-state index in [1.165, 1.54) is 25.3 Å². The minimum atomic E-state index is -0.554. The first-order chi connectivity index (χ1) is 10.1. The van der Waals surface area contributed by atoms with Crippen molar-refractivity contribution in [2.45, 2.75) is 6.10 Å². The maximum Gasteiger partial charge on any atom is 0.254 e. The predicted octanol–water partition coefficient (Wildman–Crippen LogP) is 3.60. The number of nitrogens with one attached hydrogen (secondary N) is 1. The van der Waals surface area contributed by atoms with Gasteiger partial charge >= 0.3 is 0 Å². The molecule has 5 heteroatoms. The van der Waals surface area contributed by atoms with Crippen LogP contribution in [-0.2, 0) is 4.74 Å². The molecule has 3 nitrogen and oxygen atoms in total. The SMILES string of the molecule is COC(CNC(=O)c1ccccc1F)c1ccccc1Cl. The van der Waals surface area contributed by atoms with Gasteiger partial charge < -0.3 is 10.1 Å². The Labute approximate surface area is 127 Å². The van der Waals surface area contributed by atoms with Gasteiger partial charge in [0.05, 0.1) is 5.56 Å². The Balaban J connectivity index is 2.06. The second-order valence-electron chi connectivity index (χ2n) is 4.44. The average molecular weight is 308 g/mol. The summed E-state index contributed by atoms with van der Waals surface area (Å²) in [6.07, 6.45) is -0.394. The largest absolute Gasteiger partial charge is 0.375 e. The van der Waals surface area contributed by atoms with E-state index in [9.17, 15) is 9.18 Å². The van der Waals surface area contributed by atoms with Crippen LogP contribution in [0.25, 0.3) is 0 Å². The van der Waals surface area contributed by atoms with Crippen LogP contribution in [-0.4, -0.2) is 19.6 Å². The first-order valence-corrected chi connectivity index (χ1v) is 6.81. The fourth-order valence-electron chi connectivity index (χ4n) is 1.98. The first kappa shape index (κ1) is 15.5. The summed E-state index contributed by atoms with van der Waals surface area (Å²) in [5.74, 6) is -1.04. The molecule has 0 saturated heterocycles. The molecule has 0 saturated carbocycles. The van der Waals surface area contributed by atoms with E-state index in [-0.39, 0.29) is 12.1 Å². The van der Waals surface area contributed by atoms with Gasteiger partial charge in [-0.1, -0.05) is 41.9 Å². The van der Waals surface area contributed by atoms with Gasteiger partial charge in [0.15, 0.2) is 0 Å². The number of halogens is 2. The molecular weight excluding hydrogens is 293 g/mol. The lowest BCUT2D eigenvalue weighted by atomic mass is 10.1. The van der Waals surface area contributed by atoms with E-state index in [0.29, 0.717) is 5.02 Å². The second-order valence-corrected chi connectivity index (χ2v) is 4.84. The van der Waals surface area contributed by atoms with Gasteiger partial charge in [0.25, 0.3) is 5.91 Å². The maximum atomic E-state index is 13.5. The van der Waals surface area contributed by atoms with E-state index in [1.807, 2.05) is 18.2 Å². The van der Waals surface area contributed by atoms with E-state index in [2.05, 4.69) is 5.32 Å². The van der Waals surface area contributed by atoms with Crippen molar-refractivity contribution in [3.63, 3.8) is 0 Å². The highest BCUT2D eigenvalue weighted by atomic mass is 35.5. The molecule has 0 aliphatic rings. The molecule has 2 aromatic carbocycles. The second kappa shape index (κ2) is 7.20. The number of benzene rings is 2.